The average Bonchev–Trinajstić information content (AvgIpc) is 2.38. The summed E-state index contributed by atoms with van der Waals surface area (Å²) in [5.74, 6) is 0.156. The van der Waals surface area contributed by atoms with Crippen LogP contribution in [0.25, 0.3) is 0 Å². The molecule has 0 heterocycles. The smallest absolute Gasteiger partial charge is 0.341 e. The first-order valence-corrected chi connectivity index (χ1v) is 5.52. The first-order valence-electron chi connectivity index (χ1n) is 5.52. The molecule has 0 unspecified atom stereocenters. The van der Waals surface area contributed by atoms with Gasteiger partial charge >= 0.3 is 5.97 Å². The second-order valence-electron chi connectivity index (χ2n) is 3.67. The molecule has 0 aliphatic rings. The predicted molar refractivity (Wildman–Crippen MR) is 64.4 cm³/mol. The van der Waals surface area contributed by atoms with Crippen LogP contribution in [0, 0.1) is 0 Å². The summed E-state index contributed by atoms with van der Waals surface area (Å²) in [5, 5.41) is 0. The number of benzene rings is 1. The molecule has 1 aromatic rings. The second kappa shape index (κ2) is 6.91. The van der Waals surface area contributed by atoms with Crippen molar-refractivity contribution in [1.29, 1.82) is 0 Å². The molecule has 0 aliphatic heterocycles. The van der Waals surface area contributed by atoms with Gasteiger partial charge in [0.1, 0.15) is 11.3 Å². The molecule has 0 bridgehead atoms. The molecular weight excluding hydrogens is 220 g/mol. The minimum atomic E-state index is -0.370. The fraction of sp³-hybridized carbons (Fsp3) is 0.462. The van der Waals surface area contributed by atoms with Crippen molar-refractivity contribution in [2.45, 2.75) is 19.4 Å². The van der Waals surface area contributed by atoms with Crippen LogP contribution < -0.4 is 4.74 Å². The van der Waals surface area contributed by atoms with Gasteiger partial charge in [0.05, 0.1) is 19.8 Å². The van der Waals surface area contributed by atoms with E-state index in [1.165, 1.54) is 7.11 Å². The maximum absolute atomic E-state index is 11.8. The van der Waals surface area contributed by atoms with Crippen LogP contribution in [0.4, 0.5) is 0 Å². The highest BCUT2D eigenvalue weighted by atomic mass is 16.5. The van der Waals surface area contributed by atoms with Crippen molar-refractivity contribution in [3.05, 3.63) is 29.8 Å². The Kier molecular flexibility index (Phi) is 5.49. The molecule has 0 radical (unpaired) electrons. The number of methoxy groups -OCH3 is 2. The number of ether oxygens (including phenoxy) is 3. The predicted octanol–water partition coefficient (Wildman–Crippen LogP) is 2.28. The topological polar surface area (TPSA) is 44.8 Å². The molecule has 4 heteroatoms. The number of rotatable bonds is 6. The summed E-state index contributed by atoms with van der Waals surface area (Å²) >= 11 is 0. The van der Waals surface area contributed by atoms with Gasteiger partial charge in [0.15, 0.2) is 0 Å². The Balaban J connectivity index is 2.52. The van der Waals surface area contributed by atoms with Crippen molar-refractivity contribution in [3.8, 4) is 5.75 Å². The second-order valence-corrected chi connectivity index (χ2v) is 3.67. The summed E-state index contributed by atoms with van der Waals surface area (Å²) in [6.45, 7) is 2.27. The van der Waals surface area contributed by atoms with Crippen molar-refractivity contribution < 1.29 is 19.0 Å². The SMILES string of the molecule is COc1ccccc1C(=O)OCC[C@H](C)OC. The third kappa shape index (κ3) is 4.07. The van der Waals surface area contributed by atoms with Crippen molar-refractivity contribution in [2.75, 3.05) is 20.8 Å². The normalized spacial score (nSPS) is 11.9. The highest BCUT2D eigenvalue weighted by Gasteiger charge is 2.12. The van der Waals surface area contributed by atoms with E-state index in [9.17, 15) is 4.79 Å². The summed E-state index contributed by atoms with van der Waals surface area (Å²) < 4.78 is 15.3. The van der Waals surface area contributed by atoms with Crippen molar-refractivity contribution in [2.24, 2.45) is 0 Å². The van der Waals surface area contributed by atoms with Crippen LogP contribution in [0.2, 0.25) is 0 Å². The molecule has 0 saturated heterocycles. The van der Waals surface area contributed by atoms with E-state index in [-0.39, 0.29) is 12.1 Å². The fourth-order valence-corrected chi connectivity index (χ4v) is 1.33. The summed E-state index contributed by atoms with van der Waals surface area (Å²) in [6.07, 6.45) is 0.762. The van der Waals surface area contributed by atoms with E-state index in [2.05, 4.69) is 0 Å². The zero-order valence-electron chi connectivity index (χ0n) is 10.4. The minimum absolute atomic E-state index is 0.0838. The van der Waals surface area contributed by atoms with E-state index in [0.29, 0.717) is 24.3 Å². The summed E-state index contributed by atoms with van der Waals surface area (Å²) in [7, 11) is 3.16. The van der Waals surface area contributed by atoms with Gasteiger partial charge in [-0.15, -0.1) is 0 Å². The Morgan fingerprint density at radius 1 is 1.29 bits per heavy atom. The average molecular weight is 238 g/mol. The summed E-state index contributed by atoms with van der Waals surface area (Å²) in [4.78, 5) is 11.8. The van der Waals surface area contributed by atoms with Gasteiger partial charge in [0.25, 0.3) is 0 Å². The largest absolute Gasteiger partial charge is 0.496 e. The van der Waals surface area contributed by atoms with E-state index in [4.69, 9.17) is 14.2 Å². The Morgan fingerprint density at radius 3 is 2.65 bits per heavy atom. The number of hydrogen-bond acceptors (Lipinski definition) is 4. The van der Waals surface area contributed by atoms with E-state index < -0.39 is 0 Å². The Hall–Kier alpha value is -1.55. The zero-order valence-corrected chi connectivity index (χ0v) is 10.4. The number of esters is 1. The minimum Gasteiger partial charge on any atom is -0.496 e. The Labute approximate surface area is 101 Å². The molecule has 1 atom stereocenters. The zero-order chi connectivity index (χ0) is 12.7. The quantitative estimate of drug-likeness (QED) is 0.713. The molecule has 4 nitrogen and oxygen atoms in total. The first-order chi connectivity index (χ1) is 8.19. The molecular formula is C13H18O4. The van der Waals surface area contributed by atoms with E-state index in [0.717, 1.165) is 0 Å². The van der Waals surface area contributed by atoms with Gasteiger partial charge in [-0.25, -0.2) is 4.79 Å². The van der Waals surface area contributed by atoms with E-state index in [1.807, 2.05) is 13.0 Å². The van der Waals surface area contributed by atoms with Crippen LogP contribution in [0.15, 0.2) is 24.3 Å². The van der Waals surface area contributed by atoms with Crippen LogP contribution in [0.1, 0.15) is 23.7 Å². The van der Waals surface area contributed by atoms with Gasteiger partial charge in [0.2, 0.25) is 0 Å². The maximum Gasteiger partial charge on any atom is 0.341 e. The summed E-state index contributed by atoms with van der Waals surface area (Å²) in [6, 6.07) is 6.99. The lowest BCUT2D eigenvalue weighted by atomic mass is 10.2. The molecule has 94 valence electrons. The van der Waals surface area contributed by atoms with Crippen LogP contribution in [0.3, 0.4) is 0 Å². The lowest BCUT2D eigenvalue weighted by Gasteiger charge is -2.11. The Bertz CT molecular complexity index is 362. The number of carbonyl (C=O) groups is 1. The molecule has 0 saturated carbocycles. The third-order valence-corrected chi connectivity index (χ3v) is 2.49. The van der Waals surface area contributed by atoms with Gasteiger partial charge < -0.3 is 14.2 Å². The standard InChI is InChI=1S/C13H18O4/c1-10(15-2)8-9-17-13(14)11-6-4-5-7-12(11)16-3/h4-7,10H,8-9H2,1-3H3/t10-/m0/s1. The molecule has 1 aromatic carbocycles. The molecule has 0 spiro atoms. The van der Waals surface area contributed by atoms with E-state index >= 15 is 0 Å². The van der Waals surface area contributed by atoms with Crippen LogP contribution in [-0.2, 0) is 9.47 Å². The van der Waals surface area contributed by atoms with Gasteiger partial charge in [-0.2, -0.15) is 0 Å². The fourth-order valence-electron chi connectivity index (χ4n) is 1.33. The van der Waals surface area contributed by atoms with Crippen molar-refractivity contribution in [3.63, 3.8) is 0 Å². The molecule has 17 heavy (non-hydrogen) atoms. The lowest BCUT2D eigenvalue weighted by molar-refractivity contribution is 0.0388. The van der Waals surface area contributed by atoms with Crippen LogP contribution in [-0.4, -0.2) is 32.9 Å². The molecule has 1 rings (SSSR count). The highest BCUT2D eigenvalue weighted by molar-refractivity contribution is 5.92. The van der Waals surface area contributed by atoms with Crippen LogP contribution >= 0.6 is 0 Å². The molecule has 0 aliphatic carbocycles. The van der Waals surface area contributed by atoms with E-state index in [1.54, 1.807) is 25.3 Å². The number of hydrogen-bond donors (Lipinski definition) is 0. The number of carbonyl (C=O) groups excluding carboxylic acids is 1. The van der Waals surface area contributed by atoms with Crippen molar-refractivity contribution in [1.82, 2.24) is 0 Å². The van der Waals surface area contributed by atoms with Crippen LogP contribution in [0.5, 0.6) is 5.75 Å². The Morgan fingerprint density at radius 2 is 2.00 bits per heavy atom. The lowest BCUT2D eigenvalue weighted by Crippen LogP contribution is -2.13. The number of para-hydroxylation sites is 1. The van der Waals surface area contributed by atoms with Crippen molar-refractivity contribution >= 4 is 5.97 Å². The van der Waals surface area contributed by atoms with Gasteiger partial charge in [-0.3, -0.25) is 0 Å². The van der Waals surface area contributed by atoms with Gasteiger partial charge in [0, 0.05) is 13.5 Å². The summed E-state index contributed by atoms with van der Waals surface area (Å²) in [5.41, 5.74) is 0.445. The van der Waals surface area contributed by atoms with Gasteiger partial charge in [-0.1, -0.05) is 12.1 Å². The molecule has 0 fully saturated rings. The molecule has 0 N–H and O–H groups in total. The molecule has 0 amide bonds. The maximum atomic E-state index is 11.8. The first kappa shape index (κ1) is 13.5. The monoisotopic (exact) mass is 238 g/mol. The third-order valence-electron chi connectivity index (χ3n) is 2.49. The molecule has 0 aromatic heterocycles. The van der Waals surface area contributed by atoms with Gasteiger partial charge in [-0.05, 0) is 19.1 Å². The highest BCUT2D eigenvalue weighted by Crippen LogP contribution is 2.18.